The van der Waals surface area contributed by atoms with Gasteiger partial charge in [0.1, 0.15) is 0 Å². The smallest absolute Gasteiger partial charge is 0.313 e. The molecule has 1 aliphatic heterocycles. The lowest BCUT2D eigenvalue weighted by atomic mass is 10.2. The number of amides is 2. The standard InChI is InChI=1S/C12H14ClN3O4S/c1-14-11(17)12(18)15-8-3-4-9(13)10(7-8)16-5-2-6-21(16,19)20/h3-4,7H,2,5-6H2,1H3,(H,14,17)(H,15,18). The van der Waals surface area contributed by atoms with Crippen molar-refractivity contribution in [3.63, 3.8) is 0 Å². The summed E-state index contributed by atoms with van der Waals surface area (Å²) >= 11 is 6.03. The van der Waals surface area contributed by atoms with E-state index >= 15 is 0 Å². The molecule has 1 saturated heterocycles. The highest BCUT2D eigenvalue weighted by Crippen LogP contribution is 2.33. The second-order valence-electron chi connectivity index (χ2n) is 4.44. The normalized spacial score (nSPS) is 16.6. The van der Waals surface area contributed by atoms with Crippen molar-refractivity contribution in [1.29, 1.82) is 0 Å². The van der Waals surface area contributed by atoms with Crippen LogP contribution in [0, 0.1) is 0 Å². The fourth-order valence-corrected chi connectivity index (χ4v) is 3.84. The van der Waals surface area contributed by atoms with Crippen LogP contribution in [0.5, 0.6) is 0 Å². The van der Waals surface area contributed by atoms with Gasteiger partial charge in [-0.3, -0.25) is 13.9 Å². The SMILES string of the molecule is CNC(=O)C(=O)Nc1ccc(Cl)c(N2CCCS2(=O)=O)c1. The zero-order chi connectivity index (χ0) is 15.6. The van der Waals surface area contributed by atoms with E-state index in [0.717, 1.165) is 0 Å². The number of rotatable bonds is 2. The molecule has 114 valence electrons. The van der Waals surface area contributed by atoms with E-state index in [-0.39, 0.29) is 10.8 Å². The van der Waals surface area contributed by atoms with Gasteiger partial charge in [0.15, 0.2) is 0 Å². The van der Waals surface area contributed by atoms with Crippen LogP contribution < -0.4 is 14.9 Å². The zero-order valence-electron chi connectivity index (χ0n) is 11.2. The average Bonchev–Trinajstić information content (AvgIpc) is 2.79. The van der Waals surface area contributed by atoms with Gasteiger partial charge in [-0.2, -0.15) is 0 Å². The maximum atomic E-state index is 11.9. The predicted molar refractivity (Wildman–Crippen MR) is 79.9 cm³/mol. The van der Waals surface area contributed by atoms with Gasteiger partial charge in [-0.25, -0.2) is 8.42 Å². The van der Waals surface area contributed by atoms with Crippen molar-refractivity contribution < 1.29 is 18.0 Å². The highest BCUT2D eigenvalue weighted by Gasteiger charge is 2.30. The van der Waals surface area contributed by atoms with Gasteiger partial charge >= 0.3 is 11.8 Å². The summed E-state index contributed by atoms with van der Waals surface area (Å²) in [5.74, 6) is -1.56. The molecule has 0 unspecified atom stereocenters. The Balaban J connectivity index is 2.30. The fraction of sp³-hybridized carbons (Fsp3) is 0.333. The highest BCUT2D eigenvalue weighted by molar-refractivity contribution is 7.93. The van der Waals surface area contributed by atoms with E-state index in [9.17, 15) is 18.0 Å². The largest absolute Gasteiger partial charge is 0.351 e. The summed E-state index contributed by atoms with van der Waals surface area (Å²) in [6, 6.07) is 4.41. The molecule has 21 heavy (non-hydrogen) atoms. The van der Waals surface area contributed by atoms with Crippen LogP contribution in [0.3, 0.4) is 0 Å². The molecular weight excluding hydrogens is 318 g/mol. The van der Waals surface area contributed by atoms with Crippen molar-refractivity contribution >= 4 is 44.8 Å². The van der Waals surface area contributed by atoms with Gasteiger partial charge in [-0.15, -0.1) is 0 Å². The zero-order valence-corrected chi connectivity index (χ0v) is 12.8. The van der Waals surface area contributed by atoms with E-state index < -0.39 is 21.8 Å². The van der Waals surface area contributed by atoms with Crippen LogP contribution in [-0.4, -0.2) is 39.6 Å². The molecule has 7 nitrogen and oxygen atoms in total. The molecule has 0 atom stereocenters. The van der Waals surface area contributed by atoms with Gasteiger partial charge in [-0.1, -0.05) is 11.6 Å². The van der Waals surface area contributed by atoms with Crippen molar-refractivity contribution in [2.24, 2.45) is 0 Å². The summed E-state index contributed by atoms with van der Waals surface area (Å²) in [5.41, 5.74) is 0.592. The first-order chi connectivity index (χ1) is 9.85. The fourth-order valence-electron chi connectivity index (χ4n) is 1.99. The second kappa shape index (κ2) is 5.90. The van der Waals surface area contributed by atoms with Crippen molar-refractivity contribution in [2.75, 3.05) is 29.0 Å². The van der Waals surface area contributed by atoms with Crippen LogP contribution in [-0.2, 0) is 19.6 Å². The summed E-state index contributed by atoms with van der Waals surface area (Å²) in [6.07, 6.45) is 0.521. The third-order valence-corrected chi connectivity index (χ3v) is 5.18. The second-order valence-corrected chi connectivity index (χ2v) is 6.86. The third kappa shape index (κ3) is 3.27. The molecule has 2 rings (SSSR count). The summed E-state index contributed by atoms with van der Waals surface area (Å²) in [4.78, 5) is 22.7. The number of hydrogen-bond acceptors (Lipinski definition) is 4. The van der Waals surface area contributed by atoms with Crippen molar-refractivity contribution in [1.82, 2.24) is 5.32 Å². The first-order valence-corrected chi connectivity index (χ1v) is 8.17. The summed E-state index contributed by atoms with van der Waals surface area (Å²) in [5, 5.41) is 4.84. The number of sulfonamides is 1. The van der Waals surface area contributed by atoms with Gasteiger partial charge in [-0.05, 0) is 24.6 Å². The maximum Gasteiger partial charge on any atom is 0.313 e. The number of anilines is 2. The molecule has 0 aromatic heterocycles. The van der Waals surface area contributed by atoms with Crippen LogP contribution >= 0.6 is 11.6 Å². The van der Waals surface area contributed by atoms with E-state index in [2.05, 4.69) is 10.6 Å². The number of nitrogens with zero attached hydrogens (tertiary/aromatic N) is 1. The van der Waals surface area contributed by atoms with Crippen molar-refractivity contribution in [3.05, 3.63) is 23.2 Å². The molecule has 1 fully saturated rings. The number of hydrogen-bond donors (Lipinski definition) is 2. The number of likely N-dealkylation sites (N-methyl/N-ethyl adjacent to an activating group) is 1. The molecule has 0 radical (unpaired) electrons. The highest BCUT2D eigenvalue weighted by atomic mass is 35.5. The molecule has 0 saturated carbocycles. The lowest BCUT2D eigenvalue weighted by Crippen LogP contribution is -2.32. The molecule has 1 aromatic carbocycles. The minimum absolute atomic E-state index is 0.0676. The predicted octanol–water partition coefficient (Wildman–Crippen LogP) is 0.564. The van der Waals surface area contributed by atoms with Gasteiger partial charge < -0.3 is 10.6 Å². The van der Waals surface area contributed by atoms with Gasteiger partial charge in [0, 0.05) is 19.3 Å². The van der Waals surface area contributed by atoms with Gasteiger partial charge in [0.05, 0.1) is 16.5 Å². The molecule has 9 heteroatoms. The Kier molecular flexibility index (Phi) is 4.38. The molecule has 0 aliphatic carbocycles. The minimum Gasteiger partial charge on any atom is -0.351 e. The van der Waals surface area contributed by atoms with Crippen LogP contribution in [0.1, 0.15) is 6.42 Å². The third-order valence-electron chi connectivity index (χ3n) is 3.01. The number of benzene rings is 1. The first-order valence-electron chi connectivity index (χ1n) is 6.18. The molecule has 2 N–H and O–H groups in total. The Bertz CT molecular complexity index is 690. The van der Waals surface area contributed by atoms with E-state index in [1.54, 1.807) is 0 Å². The van der Waals surface area contributed by atoms with Crippen LogP contribution in [0.2, 0.25) is 5.02 Å². The van der Waals surface area contributed by atoms with E-state index in [1.807, 2.05) is 0 Å². The molecule has 0 bridgehead atoms. The lowest BCUT2D eigenvalue weighted by Gasteiger charge is -2.19. The van der Waals surface area contributed by atoms with Crippen molar-refractivity contribution in [2.45, 2.75) is 6.42 Å². The first kappa shape index (κ1) is 15.6. The quantitative estimate of drug-likeness (QED) is 0.774. The monoisotopic (exact) mass is 331 g/mol. The summed E-state index contributed by atoms with van der Waals surface area (Å²) < 4.78 is 25.0. The molecule has 1 heterocycles. The molecule has 1 aliphatic rings. The Morgan fingerprint density at radius 2 is 2.00 bits per heavy atom. The maximum absolute atomic E-state index is 11.9. The average molecular weight is 332 g/mol. The summed E-state index contributed by atoms with van der Waals surface area (Å²) in [6.45, 7) is 0.342. The molecule has 1 aromatic rings. The van der Waals surface area contributed by atoms with Crippen LogP contribution in [0.15, 0.2) is 18.2 Å². The number of nitrogens with one attached hydrogen (secondary N) is 2. The van der Waals surface area contributed by atoms with Crippen molar-refractivity contribution in [3.8, 4) is 0 Å². The van der Waals surface area contributed by atoms with Gasteiger partial charge in [0.25, 0.3) is 0 Å². The van der Waals surface area contributed by atoms with E-state index in [0.29, 0.717) is 24.3 Å². The van der Waals surface area contributed by atoms with E-state index in [4.69, 9.17) is 11.6 Å². The molecule has 2 amide bonds. The minimum atomic E-state index is -3.37. The number of carbonyl (C=O) groups excluding carboxylic acids is 2. The Labute approximate surface area is 127 Å². The Morgan fingerprint density at radius 3 is 2.57 bits per heavy atom. The topological polar surface area (TPSA) is 95.6 Å². The Hall–Kier alpha value is -1.80. The van der Waals surface area contributed by atoms with Crippen LogP contribution in [0.25, 0.3) is 0 Å². The number of halogens is 1. The number of carbonyl (C=O) groups is 2. The lowest BCUT2D eigenvalue weighted by molar-refractivity contribution is -0.135. The van der Waals surface area contributed by atoms with Crippen LogP contribution in [0.4, 0.5) is 11.4 Å². The molecule has 0 spiro atoms. The summed E-state index contributed by atoms with van der Waals surface area (Å²) in [7, 11) is -2.03. The van der Waals surface area contributed by atoms with Gasteiger partial charge in [0.2, 0.25) is 10.0 Å². The molecular formula is C12H14ClN3O4S. The van der Waals surface area contributed by atoms with E-state index in [1.165, 1.54) is 29.6 Å². The Morgan fingerprint density at radius 1 is 1.29 bits per heavy atom.